The predicted molar refractivity (Wildman–Crippen MR) is 132 cm³/mol. The molecule has 2 amide bonds. The van der Waals surface area contributed by atoms with Crippen LogP contribution in [-0.4, -0.2) is 46.8 Å². The van der Waals surface area contributed by atoms with Crippen LogP contribution in [0.15, 0.2) is 54.6 Å². The van der Waals surface area contributed by atoms with Gasteiger partial charge in [0.25, 0.3) is 11.8 Å². The summed E-state index contributed by atoms with van der Waals surface area (Å²) >= 11 is 0. The molecule has 8 nitrogen and oxygen atoms in total. The third-order valence-electron chi connectivity index (χ3n) is 6.01. The number of rotatable bonds is 8. The van der Waals surface area contributed by atoms with Crippen LogP contribution in [0.25, 0.3) is 0 Å². The number of nitrogens with zero attached hydrogens (tertiary/aromatic N) is 1. The van der Waals surface area contributed by atoms with E-state index in [0.717, 1.165) is 23.2 Å². The van der Waals surface area contributed by atoms with Crippen LogP contribution in [0, 0.1) is 0 Å². The molecule has 0 saturated carbocycles. The van der Waals surface area contributed by atoms with Crippen molar-refractivity contribution >= 4 is 17.5 Å². The number of amides is 2. The van der Waals surface area contributed by atoms with Crippen LogP contribution in [0.1, 0.15) is 31.8 Å². The maximum atomic E-state index is 13.1. The fourth-order valence-electron chi connectivity index (χ4n) is 4.13. The number of hydrogen-bond acceptors (Lipinski definition) is 6. The number of ether oxygens (including phenoxy) is 4. The molecule has 0 atom stereocenters. The SMILES string of the molecule is COc1ccc(C(=O)N2CCc3ccc(CNC(=O)c4cc(OC)c(OC)c(OC)c4)cc32)cc1. The second kappa shape index (κ2) is 10.4. The Bertz CT molecular complexity index is 1210. The molecule has 4 rings (SSSR count). The number of anilines is 1. The van der Waals surface area contributed by atoms with E-state index in [9.17, 15) is 9.59 Å². The van der Waals surface area contributed by atoms with Gasteiger partial charge in [-0.3, -0.25) is 9.59 Å². The van der Waals surface area contributed by atoms with Gasteiger partial charge in [-0.05, 0) is 60.0 Å². The van der Waals surface area contributed by atoms with E-state index in [-0.39, 0.29) is 11.8 Å². The minimum atomic E-state index is -0.282. The molecule has 0 aromatic heterocycles. The third kappa shape index (κ3) is 4.87. The van der Waals surface area contributed by atoms with Crippen LogP contribution in [0.3, 0.4) is 0 Å². The summed E-state index contributed by atoms with van der Waals surface area (Å²) in [7, 11) is 6.11. The molecule has 8 heteroatoms. The monoisotopic (exact) mass is 476 g/mol. The highest BCUT2D eigenvalue weighted by Gasteiger charge is 2.26. The quantitative estimate of drug-likeness (QED) is 0.532. The van der Waals surface area contributed by atoms with Crippen molar-refractivity contribution in [2.45, 2.75) is 13.0 Å². The number of carbonyl (C=O) groups excluding carboxylic acids is 2. The van der Waals surface area contributed by atoms with E-state index < -0.39 is 0 Å². The standard InChI is InChI=1S/C27H28N2O6/c1-32-21-9-7-19(8-10-21)27(31)29-12-11-18-6-5-17(13-22(18)29)16-28-26(30)20-14-23(33-2)25(35-4)24(15-20)34-3/h5-10,13-15H,11-12,16H2,1-4H3,(H,28,30). The van der Waals surface area contributed by atoms with Gasteiger partial charge in [0, 0.05) is 29.9 Å². The largest absolute Gasteiger partial charge is 0.497 e. The van der Waals surface area contributed by atoms with Crippen LogP contribution in [-0.2, 0) is 13.0 Å². The third-order valence-corrected chi connectivity index (χ3v) is 6.01. The van der Waals surface area contributed by atoms with E-state index in [1.807, 2.05) is 18.2 Å². The lowest BCUT2D eigenvalue weighted by Gasteiger charge is -2.18. The van der Waals surface area contributed by atoms with Gasteiger partial charge in [0.15, 0.2) is 11.5 Å². The molecule has 182 valence electrons. The van der Waals surface area contributed by atoms with Crippen molar-refractivity contribution in [1.82, 2.24) is 5.32 Å². The van der Waals surface area contributed by atoms with Crippen molar-refractivity contribution in [3.05, 3.63) is 76.9 Å². The Hall–Kier alpha value is -4.20. The van der Waals surface area contributed by atoms with Crippen molar-refractivity contribution in [1.29, 1.82) is 0 Å². The Balaban J connectivity index is 1.49. The zero-order valence-electron chi connectivity index (χ0n) is 20.2. The molecule has 0 aliphatic carbocycles. The molecule has 1 N–H and O–H groups in total. The smallest absolute Gasteiger partial charge is 0.258 e. The molecule has 0 fully saturated rings. The summed E-state index contributed by atoms with van der Waals surface area (Å²) < 4.78 is 21.2. The first kappa shape index (κ1) is 23.9. The molecule has 1 aliphatic rings. The Labute approximate surface area is 204 Å². The first-order valence-electron chi connectivity index (χ1n) is 11.1. The highest BCUT2D eigenvalue weighted by atomic mass is 16.5. The molecule has 0 bridgehead atoms. The van der Waals surface area contributed by atoms with Gasteiger partial charge in [0.2, 0.25) is 5.75 Å². The summed E-state index contributed by atoms with van der Waals surface area (Å²) in [4.78, 5) is 27.8. The van der Waals surface area contributed by atoms with Crippen molar-refractivity contribution in [3.63, 3.8) is 0 Å². The first-order chi connectivity index (χ1) is 17.0. The minimum Gasteiger partial charge on any atom is -0.497 e. The Morgan fingerprint density at radius 2 is 1.51 bits per heavy atom. The highest BCUT2D eigenvalue weighted by Crippen LogP contribution is 2.38. The lowest BCUT2D eigenvalue weighted by atomic mass is 10.1. The number of methoxy groups -OCH3 is 4. The van der Waals surface area contributed by atoms with Gasteiger partial charge < -0.3 is 29.2 Å². The molecule has 35 heavy (non-hydrogen) atoms. The second-order valence-electron chi connectivity index (χ2n) is 8.00. The van der Waals surface area contributed by atoms with Gasteiger partial charge in [0.05, 0.1) is 28.4 Å². The Kier molecular flexibility index (Phi) is 7.10. The molecule has 0 unspecified atom stereocenters. The molecule has 1 heterocycles. The maximum absolute atomic E-state index is 13.1. The van der Waals surface area contributed by atoms with E-state index in [1.54, 1.807) is 48.4 Å². The maximum Gasteiger partial charge on any atom is 0.258 e. The zero-order valence-corrected chi connectivity index (χ0v) is 20.2. The Morgan fingerprint density at radius 1 is 0.829 bits per heavy atom. The van der Waals surface area contributed by atoms with Crippen LogP contribution in [0.5, 0.6) is 23.0 Å². The number of carbonyl (C=O) groups is 2. The average Bonchev–Trinajstić information content (AvgIpc) is 3.33. The molecule has 3 aromatic carbocycles. The molecule has 3 aromatic rings. The van der Waals surface area contributed by atoms with Crippen molar-refractivity contribution in [2.24, 2.45) is 0 Å². The second-order valence-corrected chi connectivity index (χ2v) is 8.00. The summed E-state index contributed by atoms with van der Waals surface area (Å²) in [6.07, 6.45) is 0.787. The normalized spacial score (nSPS) is 12.1. The van der Waals surface area contributed by atoms with Crippen LogP contribution >= 0.6 is 0 Å². The number of nitrogens with one attached hydrogen (secondary N) is 1. The van der Waals surface area contributed by atoms with Crippen LogP contribution < -0.4 is 29.2 Å². The molecule has 0 spiro atoms. The van der Waals surface area contributed by atoms with Gasteiger partial charge in [-0.25, -0.2) is 0 Å². The van der Waals surface area contributed by atoms with Crippen LogP contribution in [0.4, 0.5) is 5.69 Å². The van der Waals surface area contributed by atoms with Crippen molar-refractivity contribution in [2.75, 3.05) is 39.9 Å². The zero-order chi connectivity index (χ0) is 24.9. The predicted octanol–water partition coefficient (Wildman–Crippen LogP) is 3.85. The van der Waals surface area contributed by atoms with Gasteiger partial charge in [-0.2, -0.15) is 0 Å². The average molecular weight is 477 g/mol. The summed E-state index contributed by atoms with van der Waals surface area (Å²) in [5.74, 6) is 1.59. The van der Waals surface area contributed by atoms with E-state index in [1.165, 1.54) is 21.3 Å². The fraction of sp³-hybridized carbons (Fsp3) is 0.259. The van der Waals surface area contributed by atoms with E-state index >= 15 is 0 Å². The summed E-state index contributed by atoms with van der Waals surface area (Å²) in [6, 6.07) is 16.2. The van der Waals surface area contributed by atoms with Gasteiger partial charge in [0.1, 0.15) is 5.75 Å². The number of fused-ring (bicyclic) bond motifs is 1. The fourth-order valence-corrected chi connectivity index (χ4v) is 4.13. The van der Waals surface area contributed by atoms with Crippen molar-refractivity contribution in [3.8, 4) is 23.0 Å². The minimum absolute atomic E-state index is 0.0648. The van der Waals surface area contributed by atoms with E-state index in [0.29, 0.717) is 47.2 Å². The van der Waals surface area contributed by atoms with Crippen LogP contribution in [0.2, 0.25) is 0 Å². The summed E-state index contributed by atoms with van der Waals surface area (Å²) in [5, 5.41) is 2.93. The summed E-state index contributed by atoms with van der Waals surface area (Å²) in [5.41, 5.74) is 3.84. The van der Waals surface area contributed by atoms with Gasteiger partial charge in [-0.15, -0.1) is 0 Å². The van der Waals surface area contributed by atoms with Gasteiger partial charge >= 0.3 is 0 Å². The molecule has 1 aliphatic heterocycles. The van der Waals surface area contributed by atoms with E-state index in [4.69, 9.17) is 18.9 Å². The first-order valence-corrected chi connectivity index (χ1v) is 11.1. The lowest BCUT2D eigenvalue weighted by molar-refractivity contribution is 0.0948. The number of benzene rings is 3. The molecule has 0 saturated heterocycles. The highest BCUT2D eigenvalue weighted by molar-refractivity contribution is 6.07. The molecular formula is C27H28N2O6. The number of hydrogen-bond donors (Lipinski definition) is 1. The molecule has 0 radical (unpaired) electrons. The topological polar surface area (TPSA) is 86.3 Å². The van der Waals surface area contributed by atoms with Gasteiger partial charge in [-0.1, -0.05) is 12.1 Å². The lowest BCUT2D eigenvalue weighted by Crippen LogP contribution is -2.29. The van der Waals surface area contributed by atoms with Crippen molar-refractivity contribution < 1.29 is 28.5 Å². The van der Waals surface area contributed by atoms with E-state index in [2.05, 4.69) is 5.32 Å². The molecular weight excluding hydrogens is 448 g/mol. The summed E-state index contributed by atoms with van der Waals surface area (Å²) in [6.45, 7) is 0.911. The Morgan fingerprint density at radius 3 is 2.11 bits per heavy atom.